The van der Waals surface area contributed by atoms with Gasteiger partial charge in [-0.05, 0) is 0 Å². The molecule has 0 saturated heterocycles. The van der Waals surface area contributed by atoms with E-state index < -0.39 is 13.4 Å². The Labute approximate surface area is 56.6 Å². The summed E-state index contributed by atoms with van der Waals surface area (Å²) in [5, 5.41) is 0. The molecule has 2 radical (unpaired) electrons. The predicted molar refractivity (Wildman–Crippen MR) is 12.9 cm³/mol. The fraction of sp³-hybridized carbons (Fsp3) is 0. The van der Waals surface area contributed by atoms with Gasteiger partial charge in [0, 0.05) is 0 Å². The van der Waals surface area contributed by atoms with E-state index in [2.05, 4.69) is 0 Å². The molecule has 0 atom stereocenters. The monoisotopic (exact) mass is 352 g/mol. The van der Waals surface area contributed by atoms with Crippen molar-refractivity contribution in [1.82, 2.24) is 0 Å². The van der Waals surface area contributed by atoms with Crippen LogP contribution in [0.3, 0.4) is 0 Å². The van der Waals surface area contributed by atoms with Crippen LogP contribution in [-0.4, -0.2) is 40.7 Å². The van der Waals surface area contributed by atoms with E-state index in [0.717, 1.165) is 0 Å². The van der Waals surface area contributed by atoms with Crippen molar-refractivity contribution < 1.29 is 16.0 Å². The van der Waals surface area contributed by atoms with Crippen LogP contribution in [0.5, 0.6) is 0 Å². The quantitative estimate of drug-likeness (QED) is 0.427. The van der Waals surface area contributed by atoms with Gasteiger partial charge >= 0.3 is 56.7 Å². The van der Waals surface area contributed by atoms with Crippen LogP contribution in [0.25, 0.3) is 0 Å². The molecule has 0 bridgehead atoms. The predicted octanol–water partition coefficient (Wildman–Crippen LogP) is -3.38. The SMILES string of the molecule is O=[Se](=O)([O-])[O-].[Pb+2]. The first kappa shape index (κ1) is 10.1. The summed E-state index contributed by atoms with van der Waals surface area (Å²) in [5.41, 5.74) is 0. The largest absolute Gasteiger partial charge is 2.00 e. The van der Waals surface area contributed by atoms with Crippen molar-refractivity contribution in [3.05, 3.63) is 0 Å². The molecule has 0 heterocycles. The summed E-state index contributed by atoms with van der Waals surface area (Å²) in [4.78, 5) is 0. The number of rotatable bonds is 0. The molecule has 6 heteroatoms. The van der Waals surface area contributed by atoms with E-state index in [4.69, 9.17) is 16.0 Å². The van der Waals surface area contributed by atoms with Crippen LogP contribution >= 0.6 is 0 Å². The van der Waals surface area contributed by atoms with Crippen LogP contribution in [0.4, 0.5) is 0 Å². The van der Waals surface area contributed by atoms with E-state index in [1.165, 1.54) is 0 Å². The number of hydrogen-bond acceptors (Lipinski definition) is 4. The first-order valence-corrected chi connectivity index (χ1v) is 3.46. The van der Waals surface area contributed by atoms with Gasteiger partial charge in [-0.25, -0.2) is 0 Å². The molecule has 6 heavy (non-hydrogen) atoms. The molecule has 0 fully saturated rings. The van der Waals surface area contributed by atoms with Crippen molar-refractivity contribution in [2.45, 2.75) is 0 Å². The van der Waals surface area contributed by atoms with E-state index in [1.807, 2.05) is 0 Å². The fourth-order valence-electron chi connectivity index (χ4n) is 0. The Balaban J connectivity index is 0. The summed E-state index contributed by atoms with van der Waals surface area (Å²) in [7, 11) is 0. The molecule has 0 aromatic rings. The summed E-state index contributed by atoms with van der Waals surface area (Å²) in [6.07, 6.45) is 0. The summed E-state index contributed by atoms with van der Waals surface area (Å²) in [5.74, 6) is 0. The minimum atomic E-state index is -5.75. The van der Waals surface area contributed by atoms with Crippen LogP contribution in [0.2, 0.25) is 0 Å². The molecule has 0 saturated carbocycles. The van der Waals surface area contributed by atoms with E-state index in [-0.39, 0.29) is 27.3 Å². The molecule has 0 N–H and O–H groups in total. The first-order chi connectivity index (χ1) is 2.00. The second-order valence-electron chi connectivity index (χ2n) is 0.408. The van der Waals surface area contributed by atoms with E-state index >= 15 is 0 Å². The molecule has 0 aromatic carbocycles. The normalized spacial score (nSPS) is 9.67. The minimum absolute atomic E-state index is 0. The first-order valence-electron chi connectivity index (χ1n) is 0.667. The molecule has 0 spiro atoms. The van der Waals surface area contributed by atoms with Crippen LogP contribution < -0.4 is 8.38 Å². The van der Waals surface area contributed by atoms with Gasteiger partial charge in [0.25, 0.3) is 0 Å². The van der Waals surface area contributed by atoms with Gasteiger partial charge in [0.2, 0.25) is 0 Å². The van der Waals surface area contributed by atoms with E-state index in [9.17, 15) is 0 Å². The van der Waals surface area contributed by atoms with Crippen molar-refractivity contribution >= 4 is 40.7 Å². The standard InChI is InChI=1S/H2O4Se.Pb/c1-5(2,3)4;/h(H2,1,2,3,4);/q;+2/p-2. The Morgan fingerprint density at radius 1 is 1.17 bits per heavy atom. The Hall–Kier alpha value is 0.962. The third-order valence-electron chi connectivity index (χ3n) is 0. The topological polar surface area (TPSA) is 80.3 Å². The smallest absolute Gasteiger partial charge is 2.00 e. The van der Waals surface area contributed by atoms with Gasteiger partial charge < -0.3 is 0 Å². The average molecular weight is 350 g/mol. The summed E-state index contributed by atoms with van der Waals surface area (Å²) in [6, 6.07) is 0. The van der Waals surface area contributed by atoms with E-state index in [0.29, 0.717) is 0 Å². The van der Waals surface area contributed by atoms with Crippen molar-refractivity contribution in [2.24, 2.45) is 0 Å². The second kappa shape index (κ2) is 3.03. The van der Waals surface area contributed by atoms with Crippen LogP contribution in [0.15, 0.2) is 0 Å². The third kappa shape index (κ3) is 84.2. The Morgan fingerprint density at radius 3 is 1.17 bits per heavy atom. The van der Waals surface area contributed by atoms with Gasteiger partial charge in [-0.15, -0.1) is 0 Å². The Morgan fingerprint density at radius 2 is 1.17 bits per heavy atom. The molecule has 0 amide bonds. The van der Waals surface area contributed by atoms with Crippen LogP contribution in [0.1, 0.15) is 0 Å². The zero-order valence-corrected chi connectivity index (χ0v) is 8.14. The summed E-state index contributed by atoms with van der Waals surface area (Å²) in [6.45, 7) is 0. The molecule has 34 valence electrons. The Bertz CT molecular complexity index is 90.7. The maximum Gasteiger partial charge on any atom is 2.00 e. The van der Waals surface area contributed by atoms with Crippen molar-refractivity contribution in [2.75, 3.05) is 0 Å². The zero-order valence-electron chi connectivity index (χ0n) is 2.54. The van der Waals surface area contributed by atoms with Gasteiger partial charge in [0.15, 0.2) is 0 Å². The molecule has 0 aliphatic heterocycles. The van der Waals surface area contributed by atoms with Crippen LogP contribution in [-0.2, 0) is 7.67 Å². The van der Waals surface area contributed by atoms with Crippen molar-refractivity contribution in [3.63, 3.8) is 0 Å². The maximum absolute atomic E-state index is 8.59. The van der Waals surface area contributed by atoms with Crippen LogP contribution in [0, 0.1) is 0 Å². The maximum atomic E-state index is 8.59. The molecule has 0 aliphatic carbocycles. The van der Waals surface area contributed by atoms with Gasteiger partial charge in [-0.1, -0.05) is 0 Å². The second-order valence-corrected chi connectivity index (χ2v) is 2.12. The van der Waals surface area contributed by atoms with E-state index in [1.54, 1.807) is 0 Å². The number of hydrogen-bond donors (Lipinski definition) is 0. The summed E-state index contributed by atoms with van der Waals surface area (Å²) >= 11 is -5.75. The van der Waals surface area contributed by atoms with Gasteiger partial charge in [-0.2, -0.15) is 0 Å². The fourth-order valence-corrected chi connectivity index (χ4v) is 0. The molecule has 0 aliphatic rings. The third-order valence-corrected chi connectivity index (χ3v) is 0. The van der Waals surface area contributed by atoms with Crippen molar-refractivity contribution in [1.29, 1.82) is 0 Å². The Kier molecular flexibility index (Phi) is 5.07. The molecule has 0 aromatic heterocycles. The van der Waals surface area contributed by atoms with Gasteiger partial charge in [0.1, 0.15) is 0 Å². The molecule has 0 unspecified atom stereocenters. The molecule has 4 nitrogen and oxygen atoms in total. The molecular formula is O4PbSe. The zero-order chi connectivity index (χ0) is 4.50. The van der Waals surface area contributed by atoms with Gasteiger partial charge in [-0.3, -0.25) is 0 Å². The van der Waals surface area contributed by atoms with Gasteiger partial charge in [0.05, 0.1) is 0 Å². The average Bonchev–Trinajstić information content (AvgIpc) is 0.722. The summed E-state index contributed by atoms with van der Waals surface area (Å²) < 4.78 is 34.4. The van der Waals surface area contributed by atoms with Crippen molar-refractivity contribution in [3.8, 4) is 0 Å². The minimum Gasteiger partial charge on any atom is 2.00 e. The molecule has 0 rings (SSSR count). The molecular weight excluding hydrogens is 350 g/mol.